The highest BCUT2D eigenvalue weighted by Gasteiger charge is 2.20. The number of anilines is 1. The van der Waals surface area contributed by atoms with Gasteiger partial charge < -0.3 is 20.3 Å². The number of amides is 2. The van der Waals surface area contributed by atoms with Gasteiger partial charge in [-0.3, -0.25) is 0 Å². The molecule has 0 radical (unpaired) electrons. The van der Waals surface area contributed by atoms with Crippen LogP contribution in [0.5, 0.6) is 5.75 Å². The van der Waals surface area contributed by atoms with E-state index >= 15 is 0 Å². The number of aryl methyl sites for hydroxylation is 1. The van der Waals surface area contributed by atoms with E-state index in [9.17, 15) is 4.79 Å². The fourth-order valence-electron chi connectivity index (χ4n) is 2.73. The molecule has 0 spiro atoms. The van der Waals surface area contributed by atoms with Gasteiger partial charge in [-0.15, -0.1) is 0 Å². The predicted octanol–water partition coefficient (Wildman–Crippen LogP) is 2.95. The van der Waals surface area contributed by atoms with E-state index in [1.54, 1.807) is 7.11 Å². The highest BCUT2D eigenvalue weighted by molar-refractivity contribution is 7.98. The van der Waals surface area contributed by atoms with Crippen molar-refractivity contribution in [1.82, 2.24) is 10.2 Å². The van der Waals surface area contributed by atoms with Gasteiger partial charge in [0.2, 0.25) is 0 Å². The Balaban J connectivity index is 1.79. The van der Waals surface area contributed by atoms with Crippen LogP contribution in [0.1, 0.15) is 18.4 Å². The monoisotopic (exact) mass is 337 g/mol. The van der Waals surface area contributed by atoms with Crippen LogP contribution in [0.25, 0.3) is 0 Å². The summed E-state index contributed by atoms with van der Waals surface area (Å²) in [7, 11) is 1.62. The number of piperidine rings is 1. The molecular formula is C17H27N3O2S. The van der Waals surface area contributed by atoms with Crippen molar-refractivity contribution in [3.05, 3.63) is 23.8 Å². The minimum absolute atomic E-state index is 0.135. The molecule has 128 valence electrons. The number of hydrogen-bond donors (Lipinski definition) is 2. The Kier molecular flexibility index (Phi) is 7.05. The number of rotatable bonds is 6. The standard InChI is InChI=1S/C17H27N3O2S/c1-13-4-5-15(22-2)12-16(13)19-17(21)18-14-6-8-20(9-7-14)10-11-23-3/h4-5,12,14H,6-11H2,1-3H3,(H2,18,19,21). The van der Waals surface area contributed by atoms with E-state index in [-0.39, 0.29) is 12.1 Å². The number of urea groups is 1. The van der Waals surface area contributed by atoms with Crippen molar-refractivity contribution in [1.29, 1.82) is 0 Å². The van der Waals surface area contributed by atoms with Crippen LogP contribution < -0.4 is 15.4 Å². The van der Waals surface area contributed by atoms with E-state index in [2.05, 4.69) is 21.8 Å². The van der Waals surface area contributed by atoms with Crippen molar-refractivity contribution in [2.45, 2.75) is 25.8 Å². The molecule has 1 aliphatic rings. The minimum Gasteiger partial charge on any atom is -0.497 e. The van der Waals surface area contributed by atoms with Crippen LogP contribution in [0.15, 0.2) is 18.2 Å². The quantitative estimate of drug-likeness (QED) is 0.838. The van der Waals surface area contributed by atoms with Gasteiger partial charge in [-0.25, -0.2) is 4.79 Å². The normalized spacial score (nSPS) is 16.1. The van der Waals surface area contributed by atoms with Crippen LogP contribution in [0, 0.1) is 6.92 Å². The number of hydrogen-bond acceptors (Lipinski definition) is 4. The Labute approximate surface area is 143 Å². The molecule has 1 saturated heterocycles. The summed E-state index contributed by atoms with van der Waals surface area (Å²) in [5.74, 6) is 1.92. The zero-order valence-corrected chi connectivity index (χ0v) is 15.0. The average molecular weight is 337 g/mol. The lowest BCUT2D eigenvalue weighted by Crippen LogP contribution is -2.46. The van der Waals surface area contributed by atoms with Crippen molar-refractivity contribution in [3.8, 4) is 5.75 Å². The number of benzene rings is 1. The summed E-state index contributed by atoms with van der Waals surface area (Å²) in [4.78, 5) is 14.7. The van der Waals surface area contributed by atoms with E-state index in [0.29, 0.717) is 0 Å². The number of carbonyl (C=O) groups is 1. The summed E-state index contributed by atoms with van der Waals surface area (Å²) in [5, 5.41) is 6.02. The SMILES string of the molecule is COc1ccc(C)c(NC(=O)NC2CCN(CCSC)CC2)c1. The molecule has 2 rings (SSSR count). The zero-order chi connectivity index (χ0) is 16.7. The maximum Gasteiger partial charge on any atom is 0.319 e. The molecular weight excluding hydrogens is 310 g/mol. The second-order valence-electron chi connectivity index (χ2n) is 5.89. The number of carbonyl (C=O) groups excluding carboxylic acids is 1. The highest BCUT2D eigenvalue weighted by atomic mass is 32.2. The summed E-state index contributed by atoms with van der Waals surface area (Å²) in [6, 6.07) is 5.80. The third-order valence-electron chi connectivity index (χ3n) is 4.23. The number of likely N-dealkylation sites (tertiary alicyclic amines) is 1. The van der Waals surface area contributed by atoms with Crippen LogP contribution >= 0.6 is 11.8 Å². The maximum atomic E-state index is 12.2. The molecule has 0 aromatic heterocycles. The first-order valence-corrected chi connectivity index (χ1v) is 9.45. The third kappa shape index (κ3) is 5.62. The molecule has 0 unspecified atom stereocenters. The Hall–Kier alpha value is -1.40. The first kappa shape index (κ1) is 17.9. The molecule has 1 heterocycles. The second-order valence-corrected chi connectivity index (χ2v) is 6.87. The fraction of sp³-hybridized carbons (Fsp3) is 0.588. The van der Waals surface area contributed by atoms with E-state index in [4.69, 9.17) is 4.74 Å². The molecule has 2 N–H and O–H groups in total. The fourth-order valence-corrected chi connectivity index (χ4v) is 3.17. The molecule has 1 aromatic rings. The van der Waals surface area contributed by atoms with E-state index < -0.39 is 0 Å². The Morgan fingerprint density at radius 2 is 2.13 bits per heavy atom. The molecule has 0 atom stereocenters. The maximum absolute atomic E-state index is 12.2. The van der Waals surface area contributed by atoms with E-state index in [1.165, 1.54) is 5.75 Å². The molecule has 5 nitrogen and oxygen atoms in total. The topological polar surface area (TPSA) is 53.6 Å². The van der Waals surface area contributed by atoms with Gasteiger partial charge in [0, 0.05) is 43.2 Å². The lowest BCUT2D eigenvalue weighted by atomic mass is 10.1. The number of thioether (sulfide) groups is 1. The van der Waals surface area contributed by atoms with Crippen LogP contribution in [0.2, 0.25) is 0 Å². The Morgan fingerprint density at radius 3 is 2.78 bits per heavy atom. The molecule has 0 aliphatic carbocycles. The van der Waals surface area contributed by atoms with Gasteiger partial charge in [-0.2, -0.15) is 11.8 Å². The zero-order valence-electron chi connectivity index (χ0n) is 14.2. The van der Waals surface area contributed by atoms with Crippen molar-refractivity contribution in [3.63, 3.8) is 0 Å². The molecule has 1 aliphatic heterocycles. The molecule has 6 heteroatoms. The van der Waals surface area contributed by atoms with Crippen molar-refractivity contribution < 1.29 is 9.53 Å². The van der Waals surface area contributed by atoms with Gasteiger partial charge in [-0.05, 0) is 37.7 Å². The summed E-state index contributed by atoms with van der Waals surface area (Å²) >= 11 is 1.88. The second kappa shape index (κ2) is 9.03. The Bertz CT molecular complexity index is 517. The van der Waals surface area contributed by atoms with Gasteiger partial charge >= 0.3 is 6.03 Å². The number of methoxy groups -OCH3 is 1. The third-order valence-corrected chi connectivity index (χ3v) is 4.82. The molecule has 1 fully saturated rings. The smallest absolute Gasteiger partial charge is 0.319 e. The van der Waals surface area contributed by atoms with Gasteiger partial charge in [0.15, 0.2) is 0 Å². The lowest BCUT2D eigenvalue weighted by molar-refractivity contribution is 0.204. The van der Waals surface area contributed by atoms with Crippen LogP contribution in [-0.2, 0) is 0 Å². The molecule has 0 saturated carbocycles. The average Bonchev–Trinajstić information content (AvgIpc) is 2.56. The first-order chi connectivity index (χ1) is 11.1. The van der Waals surface area contributed by atoms with Gasteiger partial charge in [0.1, 0.15) is 5.75 Å². The predicted molar refractivity (Wildman–Crippen MR) is 97.7 cm³/mol. The number of ether oxygens (including phenoxy) is 1. The molecule has 23 heavy (non-hydrogen) atoms. The van der Waals surface area contributed by atoms with Gasteiger partial charge in [-0.1, -0.05) is 6.07 Å². The number of nitrogens with one attached hydrogen (secondary N) is 2. The van der Waals surface area contributed by atoms with E-state index in [0.717, 1.165) is 49.5 Å². The van der Waals surface area contributed by atoms with Crippen molar-refractivity contribution in [2.24, 2.45) is 0 Å². The largest absolute Gasteiger partial charge is 0.497 e. The van der Waals surface area contributed by atoms with Crippen LogP contribution in [0.3, 0.4) is 0 Å². The summed E-state index contributed by atoms with van der Waals surface area (Å²) < 4.78 is 5.21. The summed E-state index contributed by atoms with van der Waals surface area (Å²) in [6.07, 6.45) is 4.16. The van der Waals surface area contributed by atoms with Crippen molar-refractivity contribution >= 4 is 23.5 Å². The Morgan fingerprint density at radius 1 is 1.39 bits per heavy atom. The lowest BCUT2D eigenvalue weighted by Gasteiger charge is -2.32. The summed E-state index contributed by atoms with van der Waals surface area (Å²) in [6.45, 7) is 5.23. The molecule has 2 amide bonds. The molecule has 0 bridgehead atoms. The van der Waals surface area contributed by atoms with Gasteiger partial charge in [0.05, 0.1) is 7.11 Å². The highest BCUT2D eigenvalue weighted by Crippen LogP contribution is 2.21. The van der Waals surface area contributed by atoms with Crippen molar-refractivity contribution in [2.75, 3.05) is 44.1 Å². The van der Waals surface area contributed by atoms with Crippen LogP contribution in [0.4, 0.5) is 10.5 Å². The molecule has 1 aromatic carbocycles. The number of nitrogens with zero attached hydrogens (tertiary/aromatic N) is 1. The van der Waals surface area contributed by atoms with Gasteiger partial charge in [0.25, 0.3) is 0 Å². The minimum atomic E-state index is -0.135. The van der Waals surface area contributed by atoms with E-state index in [1.807, 2.05) is 36.9 Å². The summed E-state index contributed by atoms with van der Waals surface area (Å²) in [5.41, 5.74) is 1.81. The van der Waals surface area contributed by atoms with Crippen LogP contribution in [-0.4, -0.2) is 55.7 Å². The first-order valence-electron chi connectivity index (χ1n) is 8.06.